The van der Waals surface area contributed by atoms with E-state index in [9.17, 15) is 40.6 Å². The molecule has 5 N–H and O–H groups in total. The summed E-state index contributed by atoms with van der Waals surface area (Å²) in [5.41, 5.74) is 4.50. The summed E-state index contributed by atoms with van der Waals surface area (Å²) in [5, 5.41) is 9.44. The predicted molar refractivity (Wildman–Crippen MR) is 173 cm³/mol. The van der Waals surface area contributed by atoms with Crippen LogP contribution < -0.4 is 0 Å². The highest BCUT2D eigenvalue weighted by molar-refractivity contribution is 7.86. The summed E-state index contributed by atoms with van der Waals surface area (Å²) < 4.78 is 75.6. The number of carboxylic acid groups (broad SMARTS) is 1. The van der Waals surface area contributed by atoms with E-state index in [-0.39, 0.29) is 64.6 Å². The molecule has 0 saturated heterocycles. The lowest BCUT2D eigenvalue weighted by atomic mass is 9.98. The molecule has 3 aromatic rings. The fourth-order valence-electron chi connectivity index (χ4n) is 5.91. The zero-order chi connectivity index (χ0) is 34.6. The van der Waals surface area contributed by atoms with E-state index in [0.29, 0.717) is 39.4 Å². The SMILES string of the molecule is COC(=O)CCC1=C(C)c2cc3[nH]c(cc4[nH]c(cc5nc(cc1n2)C(CCC(=O)O)=C5C)c(S(=O)(=O)O)c4C)c(S(=O)(=O)O)c3C. The second-order valence-corrected chi connectivity index (χ2v) is 14.0. The number of allylic oxidation sites excluding steroid dienone is 4. The van der Waals surface area contributed by atoms with Gasteiger partial charge in [0.1, 0.15) is 9.79 Å². The third-order valence-electron chi connectivity index (χ3n) is 8.33. The summed E-state index contributed by atoms with van der Waals surface area (Å²) in [6.07, 6.45) is 0.146. The lowest BCUT2D eigenvalue weighted by Gasteiger charge is -2.05. The Kier molecular flexibility index (Phi) is 8.74. The number of esters is 1. The van der Waals surface area contributed by atoms with Gasteiger partial charge in [-0.3, -0.25) is 18.7 Å². The average Bonchev–Trinajstić information content (AvgIpc) is 3.63. The van der Waals surface area contributed by atoms with Gasteiger partial charge in [-0.15, -0.1) is 0 Å². The van der Waals surface area contributed by atoms with Crippen molar-refractivity contribution in [2.45, 2.75) is 63.2 Å². The average molecular weight is 685 g/mol. The fourth-order valence-corrected chi connectivity index (χ4v) is 7.68. The maximum atomic E-state index is 12.6. The monoisotopic (exact) mass is 684 g/mol. The number of aromatic nitrogens is 4. The molecule has 0 atom stereocenters. The van der Waals surface area contributed by atoms with Crippen molar-refractivity contribution >= 4 is 76.5 Å². The van der Waals surface area contributed by atoms with Crippen LogP contribution >= 0.6 is 0 Å². The zero-order valence-electron chi connectivity index (χ0n) is 26.0. The molecule has 0 fully saturated rings. The predicted octanol–water partition coefficient (Wildman–Crippen LogP) is 5.10. The van der Waals surface area contributed by atoms with Crippen LogP contribution in [0.1, 0.15) is 73.4 Å². The summed E-state index contributed by atoms with van der Waals surface area (Å²) in [4.78, 5) is 38.1. The Morgan fingerprint density at radius 1 is 0.681 bits per heavy atom. The van der Waals surface area contributed by atoms with Crippen LogP contribution in [-0.2, 0) is 34.6 Å². The molecule has 248 valence electrons. The van der Waals surface area contributed by atoms with Crippen molar-refractivity contribution in [2.24, 2.45) is 0 Å². The zero-order valence-corrected chi connectivity index (χ0v) is 27.7. The maximum absolute atomic E-state index is 12.6. The number of carbonyl (C=O) groups excluding carboxylic acids is 1. The van der Waals surface area contributed by atoms with Crippen LogP contribution in [-0.4, -0.2) is 70.0 Å². The molecule has 2 aliphatic heterocycles. The van der Waals surface area contributed by atoms with Crippen molar-refractivity contribution in [1.29, 1.82) is 0 Å². The highest BCUT2D eigenvalue weighted by Gasteiger charge is 2.26. The van der Waals surface area contributed by atoms with Crippen LogP contribution in [0.3, 0.4) is 0 Å². The van der Waals surface area contributed by atoms with Crippen LogP contribution in [0, 0.1) is 13.8 Å². The van der Waals surface area contributed by atoms with E-state index in [2.05, 4.69) is 9.97 Å². The Bertz CT molecular complexity index is 2330. The molecule has 0 saturated carbocycles. The molecule has 14 nitrogen and oxygen atoms in total. The Morgan fingerprint density at radius 2 is 1.11 bits per heavy atom. The lowest BCUT2D eigenvalue weighted by Crippen LogP contribution is -2.00. The largest absolute Gasteiger partial charge is 0.481 e. The molecule has 47 heavy (non-hydrogen) atoms. The Morgan fingerprint density at radius 3 is 1.55 bits per heavy atom. The molecule has 0 aliphatic carbocycles. The maximum Gasteiger partial charge on any atom is 0.305 e. The van der Waals surface area contributed by atoms with E-state index in [1.807, 2.05) is 0 Å². The van der Waals surface area contributed by atoms with E-state index in [0.717, 1.165) is 0 Å². The fraction of sp³-hybridized carbons (Fsp3) is 0.290. The minimum atomic E-state index is -4.82. The van der Waals surface area contributed by atoms with Gasteiger partial charge in [0.05, 0.1) is 40.9 Å². The van der Waals surface area contributed by atoms with E-state index in [4.69, 9.17) is 14.7 Å². The molecule has 3 aromatic heterocycles. The molecule has 5 heterocycles. The van der Waals surface area contributed by atoms with Crippen molar-refractivity contribution in [3.63, 3.8) is 0 Å². The van der Waals surface area contributed by atoms with Crippen molar-refractivity contribution in [2.75, 3.05) is 7.11 Å². The molecule has 0 radical (unpaired) electrons. The Labute approximate surface area is 269 Å². The number of nitrogens with zero attached hydrogens (tertiary/aromatic N) is 2. The molecule has 0 aromatic carbocycles. The summed E-state index contributed by atoms with van der Waals surface area (Å²) in [7, 11) is -8.34. The summed E-state index contributed by atoms with van der Waals surface area (Å²) in [5.74, 6) is -1.48. The van der Waals surface area contributed by atoms with E-state index in [1.54, 1.807) is 26.0 Å². The molecule has 0 amide bonds. The first kappa shape index (κ1) is 33.7. The Balaban J connectivity index is 1.99. The van der Waals surface area contributed by atoms with Gasteiger partial charge in [-0.2, -0.15) is 16.8 Å². The van der Waals surface area contributed by atoms with Crippen molar-refractivity contribution in [3.8, 4) is 0 Å². The number of hydrogen-bond donors (Lipinski definition) is 5. The van der Waals surface area contributed by atoms with Gasteiger partial charge in [-0.05, 0) is 98.2 Å². The molecule has 0 unspecified atom stereocenters. The standard InChI is InChI=1S/C31H32N4O10S2/c1-14-18(6-8-28(36)37)24-13-25-19(7-9-29(38)45-5)15(2)20(32-25)10-22-16(3)30(46(39,40)41)27(34-22)12-23-17(4)31(47(42,43)44)26(35-23)11-21(14)33-24/h10-13,34-35H,6-9H2,1-5H3,(H,36,37)(H,39,40,41)(H,42,43,44). The number of hydrogen-bond acceptors (Lipinski definition) is 9. The number of aliphatic carboxylic acids is 1. The van der Waals surface area contributed by atoms with Crippen LogP contribution in [0.5, 0.6) is 0 Å². The minimum absolute atomic E-state index is 0.0297. The van der Waals surface area contributed by atoms with Crippen molar-refractivity contribution in [1.82, 2.24) is 19.9 Å². The quantitative estimate of drug-likeness (QED) is 0.154. The van der Waals surface area contributed by atoms with Gasteiger partial charge in [0.2, 0.25) is 0 Å². The van der Waals surface area contributed by atoms with Gasteiger partial charge in [-0.25, -0.2) is 9.97 Å². The first-order valence-electron chi connectivity index (χ1n) is 14.3. The Hall–Kier alpha value is -4.64. The number of aryl methyl sites for hydroxylation is 2. The normalized spacial score (nSPS) is 13.8. The van der Waals surface area contributed by atoms with Gasteiger partial charge in [-0.1, -0.05) is 0 Å². The van der Waals surface area contributed by atoms with Crippen LogP contribution in [0.25, 0.3) is 44.4 Å². The van der Waals surface area contributed by atoms with Crippen LogP contribution in [0.15, 0.2) is 34.1 Å². The molecule has 8 bridgehead atoms. The molecular formula is C31H32N4O10S2. The van der Waals surface area contributed by atoms with Crippen LogP contribution in [0.4, 0.5) is 0 Å². The molecule has 16 heteroatoms. The number of ether oxygens (including phenoxy) is 1. The van der Waals surface area contributed by atoms with Gasteiger partial charge in [0.25, 0.3) is 20.2 Å². The van der Waals surface area contributed by atoms with Crippen molar-refractivity contribution < 1.29 is 45.4 Å². The number of fused-ring (bicyclic) bond motifs is 8. The minimum Gasteiger partial charge on any atom is -0.481 e. The molecule has 0 spiro atoms. The topological polar surface area (TPSA) is 230 Å². The highest BCUT2D eigenvalue weighted by Crippen LogP contribution is 2.38. The van der Waals surface area contributed by atoms with Crippen LogP contribution in [0.2, 0.25) is 0 Å². The number of methoxy groups -OCH3 is 1. The summed E-state index contributed by atoms with van der Waals surface area (Å²) in [6, 6.07) is 5.95. The number of nitrogens with one attached hydrogen (secondary N) is 2. The van der Waals surface area contributed by atoms with E-state index in [1.165, 1.54) is 33.1 Å². The lowest BCUT2D eigenvalue weighted by molar-refractivity contribution is -0.140. The number of H-pyrrole nitrogens is 2. The first-order chi connectivity index (χ1) is 21.9. The van der Waals surface area contributed by atoms with Crippen molar-refractivity contribution in [3.05, 3.63) is 58.2 Å². The summed E-state index contributed by atoms with van der Waals surface area (Å²) in [6.45, 7) is 6.40. The second kappa shape index (κ2) is 12.2. The number of aromatic amines is 2. The third-order valence-corrected chi connectivity index (χ3v) is 10.4. The van der Waals surface area contributed by atoms with Gasteiger partial charge >= 0.3 is 11.9 Å². The number of carboxylic acids is 1. The van der Waals surface area contributed by atoms with Gasteiger partial charge in [0.15, 0.2) is 0 Å². The first-order valence-corrected chi connectivity index (χ1v) is 17.2. The smallest absolute Gasteiger partial charge is 0.305 e. The second-order valence-electron chi connectivity index (χ2n) is 11.3. The third kappa shape index (κ3) is 6.49. The highest BCUT2D eigenvalue weighted by atomic mass is 32.2. The molecule has 5 rings (SSSR count). The summed E-state index contributed by atoms with van der Waals surface area (Å²) >= 11 is 0. The van der Waals surface area contributed by atoms with Gasteiger partial charge < -0.3 is 19.8 Å². The van der Waals surface area contributed by atoms with E-state index >= 15 is 0 Å². The molecule has 2 aliphatic rings. The number of rotatable bonds is 8. The molecular weight excluding hydrogens is 652 g/mol. The van der Waals surface area contributed by atoms with E-state index < -0.39 is 42.0 Å². The van der Waals surface area contributed by atoms with Gasteiger partial charge in [0, 0.05) is 23.9 Å². The number of carbonyl (C=O) groups is 2.